The van der Waals surface area contributed by atoms with Crippen LogP contribution in [0, 0.1) is 0 Å². The summed E-state index contributed by atoms with van der Waals surface area (Å²) in [6, 6.07) is 3.73. The van der Waals surface area contributed by atoms with E-state index in [2.05, 4.69) is 20.7 Å². The van der Waals surface area contributed by atoms with Gasteiger partial charge in [-0.2, -0.15) is 4.80 Å². The van der Waals surface area contributed by atoms with Crippen LogP contribution in [0.4, 0.5) is 0 Å². The SMILES string of the molecule is CNC(Cc1nnn(C)n1)c1cc(Cl)c(OC)c(OC)c1. The van der Waals surface area contributed by atoms with E-state index in [9.17, 15) is 0 Å². The van der Waals surface area contributed by atoms with Gasteiger partial charge in [-0.3, -0.25) is 0 Å². The van der Waals surface area contributed by atoms with Crippen molar-refractivity contribution in [2.45, 2.75) is 12.5 Å². The van der Waals surface area contributed by atoms with Gasteiger partial charge < -0.3 is 14.8 Å². The average molecular weight is 312 g/mol. The maximum Gasteiger partial charge on any atom is 0.179 e. The number of aryl methyl sites for hydroxylation is 1. The van der Waals surface area contributed by atoms with Crippen LogP contribution in [0.15, 0.2) is 12.1 Å². The Morgan fingerprint density at radius 2 is 2.10 bits per heavy atom. The van der Waals surface area contributed by atoms with E-state index in [1.807, 2.05) is 19.2 Å². The number of tetrazole rings is 1. The van der Waals surface area contributed by atoms with E-state index in [4.69, 9.17) is 21.1 Å². The molecule has 7 nitrogen and oxygen atoms in total. The first-order valence-corrected chi connectivity index (χ1v) is 6.78. The Hall–Kier alpha value is -1.86. The molecule has 0 aliphatic carbocycles. The number of benzene rings is 1. The van der Waals surface area contributed by atoms with E-state index >= 15 is 0 Å². The van der Waals surface area contributed by atoms with E-state index in [0.717, 1.165) is 5.56 Å². The molecule has 8 heteroatoms. The number of hydrogen-bond donors (Lipinski definition) is 1. The zero-order chi connectivity index (χ0) is 15.4. The van der Waals surface area contributed by atoms with Crippen LogP contribution in [0.5, 0.6) is 11.5 Å². The molecule has 0 amide bonds. The Labute approximate surface area is 128 Å². The number of halogens is 1. The van der Waals surface area contributed by atoms with Gasteiger partial charge in [-0.05, 0) is 30.0 Å². The van der Waals surface area contributed by atoms with Gasteiger partial charge in [0.25, 0.3) is 0 Å². The molecule has 0 radical (unpaired) electrons. The molecular weight excluding hydrogens is 294 g/mol. The lowest BCUT2D eigenvalue weighted by Crippen LogP contribution is -2.19. The lowest BCUT2D eigenvalue weighted by Gasteiger charge is -2.18. The largest absolute Gasteiger partial charge is 0.493 e. The minimum absolute atomic E-state index is 0.00786. The third kappa shape index (κ3) is 3.43. The van der Waals surface area contributed by atoms with Gasteiger partial charge in [-0.1, -0.05) is 11.6 Å². The maximum atomic E-state index is 6.24. The average Bonchev–Trinajstić information content (AvgIpc) is 2.89. The molecule has 0 saturated carbocycles. The van der Waals surface area contributed by atoms with Gasteiger partial charge in [0.05, 0.1) is 26.3 Å². The number of methoxy groups -OCH3 is 2. The first-order valence-electron chi connectivity index (χ1n) is 6.40. The van der Waals surface area contributed by atoms with Crippen LogP contribution >= 0.6 is 11.6 Å². The van der Waals surface area contributed by atoms with Gasteiger partial charge in [-0.25, -0.2) is 0 Å². The molecule has 0 fully saturated rings. The van der Waals surface area contributed by atoms with E-state index in [0.29, 0.717) is 28.8 Å². The molecule has 0 aliphatic heterocycles. The van der Waals surface area contributed by atoms with Crippen LogP contribution in [-0.2, 0) is 13.5 Å². The summed E-state index contributed by atoms with van der Waals surface area (Å²) in [5, 5.41) is 15.7. The number of likely N-dealkylation sites (N-methyl/N-ethyl adjacent to an activating group) is 1. The fraction of sp³-hybridized carbons (Fsp3) is 0.462. The Kier molecular flexibility index (Phi) is 4.98. The smallest absolute Gasteiger partial charge is 0.179 e. The monoisotopic (exact) mass is 311 g/mol. The van der Waals surface area contributed by atoms with E-state index in [1.54, 1.807) is 21.3 Å². The molecular formula is C13H18ClN5O2. The van der Waals surface area contributed by atoms with Crippen LogP contribution in [0.3, 0.4) is 0 Å². The second-order valence-corrected chi connectivity index (χ2v) is 4.89. The molecule has 21 heavy (non-hydrogen) atoms. The molecule has 0 saturated heterocycles. The van der Waals surface area contributed by atoms with Crippen molar-refractivity contribution in [1.82, 2.24) is 25.5 Å². The van der Waals surface area contributed by atoms with Crippen molar-refractivity contribution in [3.8, 4) is 11.5 Å². The van der Waals surface area contributed by atoms with Crippen molar-refractivity contribution in [2.24, 2.45) is 7.05 Å². The number of rotatable bonds is 6. The first-order chi connectivity index (χ1) is 10.1. The zero-order valence-corrected chi connectivity index (χ0v) is 13.2. The van der Waals surface area contributed by atoms with Crippen LogP contribution in [0.2, 0.25) is 5.02 Å². The number of ether oxygens (including phenoxy) is 2. The lowest BCUT2D eigenvalue weighted by atomic mass is 10.0. The van der Waals surface area contributed by atoms with Gasteiger partial charge in [0.1, 0.15) is 0 Å². The fourth-order valence-corrected chi connectivity index (χ4v) is 2.41. The molecule has 1 unspecified atom stereocenters. The second kappa shape index (κ2) is 6.73. The number of hydrogen-bond acceptors (Lipinski definition) is 6. The van der Waals surface area contributed by atoms with Crippen molar-refractivity contribution in [3.63, 3.8) is 0 Å². The topological polar surface area (TPSA) is 74.1 Å². The summed E-state index contributed by atoms with van der Waals surface area (Å²) in [5.41, 5.74) is 0.965. The van der Waals surface area contributed by atoms with Gasteiger partial charge in [0, 0.05) is 12.5 Å². The summed E-state index contributed by atoms with van der Waals surface area (Å²) in [6.07, 6.45) is 0.593. The highest BCUT2D eigenvalue weighted by Crippen LogP contribution is 2.37. The predicted molar refractivity (Wildman–Crippen MR) is 78.9 cm³/mol. The van der Waals surface area contributed by atoms with Crippen molar-refractivity contribution in [3.05, 3.63) is 28.5 Å². The van der Waals surface area contributed by atoms with Gasteiger partial charge in [0.2, 0.25) is 0 Å². The minimum Gasteiger partial charge on any atom is -0.493 e. The first kappa shape index (κ1) is 15.5. The molecule has 1 heterocycles. The number of nitrogens with one attached hydrogen (secondary N) is 1. The summed E-state index contributed by atoms with van der Waals surface area (Å²) >= 11 is 6.24. The van der Waals surface area contributed by atoms with Crippen molar-refractivity contribution in [1.29, 1.82) is 0 Å². The number of nitrogens with zero attached hydrogens (tertiary/aromatic N) is 4. The zero-order valence-electron chi connectivity index (χ0n) is 12.4. The van der Waals surface area contributed by atoms with Crippen LogP contribution in [0.1, 0.15) is 17.4 Å². The molecule has 1 aromatic carbocycles. The summed E-state index contributed by atoms with van der Waals surface area (Å²) in [7, 11) is 6.74. The van der Waals surface area contributed by atoms with E-state index in [1.165, 1.54) is 4.80 Å². The summed E-state index contributed by atoms with van der Waals surface area (Å²) < 4.78 is 10.6. The van der Waals surface area contributed by atoms with E-state index in [-0.39, 0.29) is 6.04 Å². The maximum absolute atomic E-state index is 6.24. The minimum atomic E-state index is -0.00786. The molecule has 0 spiro atoms. The molecule has 114 valence electrons. The third-order valence-corrected chi connectivity index (χ3v) is 3.42. The van der Waals surface area contributed by atoms with Gasteiger partial charge in [-0.15, -0.1) is 10.2 Å². The highest BCUT2D eigenvalue weighted by Gasteiger charge is 2.18. The molecule has 2 rings (SSSR count). The van der Waals surface area contributed by atoms with Crippen molar-refractivity contribution < 1.29 is 9.47 Å². The normalized spacial score (nSPS) is 12.2. The van der Waals surface area contributed by atoms with E-state index < -0.39 is 0 Å². The summed E-state index contributed by atoms with van der Waals surface area (Å²) in [6.45, 7) is 0. The van der Waals surface area contributed by atoms with Gasteiger partial charge >= 0.3 is 0 Å². The van der Waals surface area contributed by atoms with Crippen molar-refractivity contribution >= 4 is 11.6 Å². The van der Waals surface area contributed by atoms with Crippen LogP contribution in [-0.4, -0.2) is 41.5 Å². The summed E-state index contributed by atoms with van der Waals surface area (Å²) in [4.78, 5) is 1.43. The summed E-state index contributed by atoms with van der Waals surface area (Å²) in [5.74, 6) is 1.77. The Bertz CT molecular complexity index is 617. The number of aromatic nitrogens is 4. The Balaban J connectivity index is 2.31. The Morgan fingerprint density at radius 1 is 1.33 bits per heavy atom. The van der Waals surface area contributed by atoms with Crippen LogP contribution in [0.25, 0.3) is 0 Å². The highest BCUT2D eigenvalue weighted by atomic mass is 35.5. The van der Waals surface area contributed by atoms with Crippen molar-refractivity contribution in [2.75, 3.05) is 21.3 Å². The molecule has 1 atom stereocenters. The third-order valence-electron chi connectivity index (χ3n) is 3.14. The second-order valence-electron chi connectivity index (χ2n) is 4.48. The highest BCUT2D eigenvalue weighted by molar-refractivity contribution is 6.32. The molecule has 0 aliphatic rings. The predicted octanol–water partition coefficient (Wildman–Crippen LogP) is 1.38. The Morgan fingerprint density at radius 3 is 2.62 bits per heavy atom. The molecule has 1 aromatic heterocycles. The standard InChI is InChI=1S/C13H18ClN5O2/c1-15-10(7-12-16-18-19(2)17-12)8-5-9(14)13(21-4)11(6-8)20-3/h5-6,10,15H,7H2,1-4H3. The molecule has 1 N–H and O–H groups in total. The molecule has 0 bridgehead atoms. The quantitative estimate of drug-likeness (QED) is 0.869. The lowest BCUT2D eigenvalue weighted by molar-refractivity contribution is 0.354. The van der Waals surface area contributed by atoms with Crippen LogP contribution < -0.4 is 14.8 Å². The molecule has 2 aromatic rings. The van der Waals surface area contributed by atoms with Gasteiger partial charge in [0.15, 0.2) is 17.3 Å². The fourth-order valence-electron chi connectivity index (χ4n) is 2.11.